The van der Waals surface area contributed by atoms with Gasteiger partial charge in [0, 0.05) is 31.8 Å². The molecule has 0 spiro atoms. The van der Waals surface area contributed by atoms with Crippen LogP contribution in [-0.2, 0) is 24.6 Å². The van der Waals surface area contributed by atoms with E-state index in [9.17, 15) is 0 Å². The first-order valence-electron chi connectivity index (χ1n) is 5.84. The second-order valence-corrected chi connectivity index (χ2v) is 4.43. The van der Waals surface area contributed by atoms with Crippen LogP contribution >= 0.6 is 0 Å². The molecule has 0 aliphatic heterocycles. The largest absolute Gasteiger partial charge is 0.383 e. The molecule has 0 saturated heterocycles. The van der Waals surface area contributed by atoms with E-state index < -0.39 is 0 Å². The van der Waals surface area contributed by atoms with E-state index in [1.165, 1.54) is 5.69 Å². The molecule has 92 valence electrons. The van der Waals surface area contributed by atoms with Crippen LogP contribution in [0.25, 0.3) is 0 Å². The van der Waals surface area contributed by atoms with Gasteiger partial charge in [-0.3, -0.25) is 4.68 Å². The predicted octanol–water partition coefficient (Wildman–Crippen LogP) is 1.28. The molecular formula is C12H23N3O. The standard InChI is InChI=1S/C12H23N3O/c1-5-10-7-11(15(3)14-10)8-12(13,6-2)9-16-4/h7H,5-6,8-9,13H2,1-4H3. The van der Waals surface area contributed by atoms with Crippen molar-refractivity contribution < 1.29 is 4.74 Å². The molecule has 1 heterocycles. The summed E-state index contributed by atoms with van der Waals surface area (Å²) in [5, 5.41) is 4.43. The topological polar surface area (TPSA) is 53.1 Å². The van der Waals surface area contributed by atoms with Crippen LogP contribution in [0.4, 0.5) is 0 Å². The highest BCUT2D eigenvalue weighted by molar-refractivity contribution is 5.13. The summed E-state index contributed by atoms with van der Waals surface area (Å²) in [5.74, 6) is 0. The molecule has 1 unspecified atom stereocenters. The minimum Gasteiger partial charge on any atom is -0.383 e. The summed E-state index contributed by atoms with van der Waals surface area (Å²) >= 11 is 0. The zero-order valence-corrected chi connectivity index (χ0v) is 10.8. The predicted molar refractivity (Wildman–Crippen MR) is 65.4 cm³/mol. The molecule has 2 N–H and O–H groups in total. The quantitative estimate of drug-likeness (QED) is 0.793. The zero-order chi connectivity index (χ0) is 12.2. The van der Waals surface area contributed by atoms with Crippen LogP contribution in [0.1, 0.15) is 31.7 Å². The van der Waals surface area contributed by atoms with Crippen LogP contribution in [0.5, 0.6) is 0 Å². The fourth-order valence-electron chi connectivity index (χ4n) is 1.84. The maximum Gasteiger partial charge on any atom is 0.0646 e. The maximum atomic E-state index is 6.29. The van der Waals surface area contributed by atoms with Crippen molar-refractivity contribution in [3.63, 3.8) is 0 Å². The Hall–Kier alpha value is -0.870. The molecule has 1 rings (SSSR count). The highest BCUT2D eigenvalue weighted by atomic mass is 16.5. The second kappa shape index (κ2) is 5.46. The number of aromatic nitrogens is 2. The highest BCUT2D eigenvalue weighted by Gasteiger charge is 2.24. The Balaban J connectivity index is 2.80. The number of aryl methyl sites for hydroxylation is 2. The minimum absolute atomic E-state index is 0.284. The van der Waals surface area contributed by atoms with Crippen LogP contribution in [-0.4, -0.2) is 29.0 Å². The molecule has 0 bridgehead atoms. The van der Waals surface area contributed by atoms with Crippen molar-refractivity contribution in [1.29, 1.82) is 0 Å². The van der Waals surface area contributed by atoms with E-state index in [0.29, 0.717) is 6.61 Å². The fraction of sp³-hybridized carbons (Fsp3) is 0.750. The average molecular weight is 225 g/mol. The first-order chi connectivity index (χ1) is 7.54. The van der Waals surface area contributed by atoms with Gasteiger partial charge in [-0.05, 0) is 18.9 Å². The van der Waals surface area contributed by atoms with Gasteiger partial charge in [0.25, 0.3) is 0 Å². The Morgan fingerprint density at radius 2 is 2.19 bits per heavy atom. The van der Waals surface area contributed by atoms with Gasteiger partial charge in [-0.2, -0.15) is 5.10 Å². The smallest absolute Gasteiger partial charge is 0.0646 e. The van der Waals surface area contributed by atoms with Crippen LogP contribution in [0.3, 0.4) is 0 Å². The third-order valence-electron chi connectivity index (χ3n) is 3.06. The lowest BCUT2D eigenvalue weighted by atomic mass is 9.92. The van der Waals surface area contributed by atoms with E-state index >= 15 is 0 Å². The summed E-state index contributed by atoms with van der Waals surface area (Å²) in [6.45, 7) is 4.78. The van der Waals surface area contributed by atoms with Crippen LogP contribution < -0.4 is 5.73 Å². The molecule has 0 radical (unpaired) electrons. The van der Waals surface area contributed by atoms with Crippen molar-refractivity contribution in [3.8, 4) is 0 Å². The van der Waals surface area contributed by atoms with Crippen molar-refractivity contribution in [3.05, 3.63) is 17.5 Å². The SMILES string of the molecule is CCc1cc(CC(N)(CC)COC)n(C)n1. The third kappa shape index (κ3) is 3.06. The summed E-state index contributed by atoms with van der Waals surface area (Å²) in [5.41, 5.74) is 8.31. The summed E-state index contributed by atoms with van der Waals surface area (Å²) in [6.07, 6.45) is 2.66. The molecule has 1 atom stereocenters. The summed E-state index contributed by atoms with van der Waals surface area (Å²) in [6, 6.07) is 2.13. The van der Waals surface area contributed by atoms with Gasteiger partial charge in [0.2, 0.25) is 0 Å². The maximum absolute atomic E-state index is 6.29. The van der Waals surface area contributed by atoms with E-state index in [0.717, 1.165) is 25.0 Å². The molecule has 0 saturated carbocycles. The molecule has 0 aromatic carbocycles. The van der Waals surface area contributed by atoms with E-state index in [1.54, 1.807) is 7.11 Å². The Labute approximate surface area is 97.8 Å². The summed E-state index contributed by atoms with van der Waals surface area (Å²) in [4.78, 5) is 0. The molecule has 0 aliphatic rings. The van der Waals surface area contributed by atoms with Gasteiger partial charge in [0.1, 0.15) is 0 Å². The van der Waals surface area contributed by atoms with Gasteiger partial charge in [0.05, 0.1) is 12.3 Å². The van der Waals surface area contributed by atoms with E-state index in [2.05, 4.69) is 25.0 Å². The first kappa shape index (κ1) is 13.2. The number of hydrogen-bond acceptors (Lipinski definition) is 3. The first-order valence-corrected chi connectivity index (χ1v) is 5.84. The lowest BCUT2D eigenvalue weighted by Crippen LogP contribution is -2.46. The Kier molecular flexibility index (Phi) is 4.50. The molecule has 0 amide bonds. The molecule has 16 heavy (non-hydrogen) atoms. The van der Waals surface area contributed by atoms with Gasteiger partial charge in [0.15, 0.2) is 0 Å². The van der Waals surface area contributed by atoms with Crippen molar-refractivity contribution in [1.82, 2.24) is 9.78 Å². The Bertz CT molecular complexity index is 335. The van der Waals surface area contributed by atoms with Gasteiger partial charge >= 0.3 is 0 Å². The third-order valence-corrected chi connectivity index (χ3v) is 3.06. The Morgan fingerprint density at radius 3 is 2.62 bits per heavy atom. The lowest BCUT2D eigenvalue weighted by Gasteiger charge is -2.27. The van der Waals surface area contributed by atoms with Crippen molar-refractivity contribution in [2.24, 2.45) is 12.8 Å². The minimum atomic E-state index is -0.284. The van der Waals surface area contributed by atoms with Crippen molar-refractivity contribution in [2.75, 3.05) is 13.7 Å². The van der Waals surface area contributed by atoms with Gasteiger partial charge < -0.3 is 10.5 Å². The molecule has 1 aromatic rings. The van der Waals surface area contributed by atoms with Gasteiger partial charge in [-0.1, -0.05) is 13.8 Å². The van der Waals surface area contributed by atoms with Gasteiger partial charge in [-0.15, -0.1) is 0 Å². The normalized spacial score (nSPS) is 15.1. The monoisotopic (exact) mass is 225 g/mol. The number of nitrogens with two attached hydrogens (primary N) is 1. The highest BCUT2D eigenvalue weighted by Crippen LogP contribution is 2.16. The second-order valence-electron chi connectivity index (χ2n) is 4.43. The Morgan fingerprint density at radius 1 is 1.50 bits per heavy atom. The average Bonchev–Trinajstić information content (AvgIpc) is 2.60. The number of hydrogen-bond donors (Lipinski definition) is 1. The van der Waals surface area contributed by atoms with Crippen molar-refractivity contribution >= 4 is 0 Å². The van der Waals surface area contributed by atoms with E-state index in [1.807, 2.05) is 11.7 Å². The molecule has 4 heteroatoms. The molecule has 0 aliphatic carbocycles. The lowest BCUT2D eigenvalue weighted by molar-refractivity contribution is 0.128. The number of nitrogens with zero attached hydrogens (tertiary/aromatic N) is 2. The summed E-state index contributed by atoms with van der Waals surface area (Å²) in [7, 11) is 3.66. The molecule has 0 fully saturated rings. The summed E-state index contributed by atoms with van der Waals surface area (Å²) < 4.78 is 7.11. The number of methoxy groups -OCH3 is 1. The molecule has 1 aromatic heterocycles. The van der Waals surface area contributed by atoms with Gasteiger partial charge in [-0.25, -0.2) is 0 Å². The number of rotatable bonds is 6. The van der Waals surface area contributed by atoms with Crippen LogP contribution in [0.15, 0.2) is 6.07 Å². The van der Waals surface area contributed by atoms with Crippen molar-refractivity contribution in [2.45, 2.75) is 38.6 Å². The van der Waals surface area contributed by atoms with Crippen LogP contribution in [0.2, 0.25) is 0 Å². The van der Waals surface area contributed by atoms with Crippen LogP contribution in [0, 0.1) is 0 Å². The van der Waals surface area contributed by atoms with E-state index in [-0.39, 0.29) is 5.54 Å². The molecule has 4 nitrogen and oxygen atoms in total. The molecular weight excluding hydrogens is 202 g/mol. The zero-order valence-electron chi connectivity index (χ0n) is 10.8. The fourth-order valence-corrected chi connectivity index (χ4v) is 1.84. The number of ether oxygens (including phenoxy) is 1. The van der Waals surface area contributed by atoms with E-state index in [4.69, 9.17) is 10.5 Å².